The number of nitrogens with one attached hydrogen (secondary N) is 1. The van der Waals surface area contributed by atoms with Gasteiger partial charge in [0.15, 0.2) is 0 Å². The fraction of sp³-hybridized carbons (Fsp3) is 0.133. The molecule has 1 heterocycles. The molecule has 0 radical (unpaired) electrons. The SMILES string of the molecule is COc1ccc(NC(=O)c2sccc2C#CCN)cc1Br. The molecule has 0 saturated heterocycles. The van der Waals surface area contributed by atoms with Crippen molar-refractivity contribution >= 4 is 38.9 Å². The quantitative estimate of drug-likeness (QED) is 0.822. The molecule has 1 aromatic carbocycles. The van der Waals surface area contributed by atoms with Crippen LogP contribution in [0.25, 0.3) is 0 Å². The predicted octanol–water partition coefficient (Wildman–Crippen LogP) is 3.08. The van der Waals surface area contributed by atoms with E-state index in [1.54, 1.807) is 25.3 Å². The third-order valence-corrected chi connectivity index (χ3v) is 4.14. The zero-order chi connectivity index (χ0) is 15.2. The summed E-state index contributed by atoms with van der Waals surface area (Å²) in [7, 11) is 1.59. The highest BCUT2D eigenvalue weighted by Crippen LogP contribution is 2.28. The standard InChI is InChI=1S/C15H13BrN2O2S/c1-20-13-5-4-11(9-12(13)16)18-15(19)14-10(3-2-7-17)6-8-21-14/h4-6,8-9H,7,17H2,1H3,(H,18,19). The van der Waals surface area contributed by atoms with Gasteiger partial charge >= 0.3 is 0 Å². The Kier molecular flexibility index (Phi) is 5.39. The Balaban J connectivity index is 2.18. The molecular weight excluding hydrogens is 352 g/mol. The molecule has 0 aliphatic heterocycles. The van der Waals surface area contributed by atoms with E-state index in [0.717, 1.165) is 4.47 Å². The number of rotatable bonds is 3. The lowest BCUT2D eigenvalue weighted by molar-refractivity contribution is 0.103. The number of thiophene rings is 1. The largest absolute Gasteiger partial charge is 0.496 e. The van der Waals surface area contributed by atoms with Gasteiger partial charge in [0.2, 0.25) is 0 Å². The number of amides is 1. The lowest BCUT2D eigenvalue weighted by Gasteiger charge is -2.07. The minimum absolute atomic E-state index is 0.191. The van der Waals surface area contributed by atoms with Crippen LogP contribution in [-0.2, 0) is 0 Å². The van der Waals surface area contributed by atoms with Crippen molar-refractivity contribution in [2.24, 2.45) is 5.73 Å². The number of nitrogens with two attached hydrogens (primary N) is 1. The van der Waals surface area contributed by atoms with E-state index in [4.69, 9.17) is 10.5 Å². The van der Waals surface area contributed by atoms with Gasteiger partial charge < -0.3 is 15.8 Å². The fourth-order valence-corrected chi connectivity index (χ4v) is 2.95. The molecule has 6 heteroatoms. The van der Waals surface area contributed by atoms with Gasteiger partial charge in [-0.15, -0.1) is 11.3 Å². The average Bonchev–Trinajstić information content (AvgIpc) is 2.93. The Morgan fingerprint density at radius 2 is 2.29 bits per heavy atom. The molecule has 0 spiro atoms. The summed E-state index contributed by atoms with van der Waals surface area (Å²) < 4.78 is 5.93. The number of hydrogen-bond acceptors (Lipinski definition) is 4. The Morgan fingerprint density at radius 1 is 1.48 bits per heavy atom. The first-order chi connectivity index (χ1) is 10.2. The minimum Gasteiger partial charge on any atom is -0.496 e. The Bertz CT molecular complexity index is 716. The molecule has 21 heavy (non-hydrogen) atoms. The zero-order valence-corrected chi connectivity index (χ0v) is 13.7. The topological polar surface area (TPSA) is 64.3 Å². The molecule has 1 aromatic heterocycles. The van der Waals surface area contributed by atoms with Crippen molar-refractivity contribution in [1.82, 2.24) is 0 Å². The molecule has 2 aromatic rings. The first kappa shape index (κ1) is 15.6. The van der Waals surface area contributed by atoms with E-state index < -0.39 is 0 Å². The highest BCUT2D eigenvalue weighted by molar-refractivity contribution is 9.10. The highest BCUT2D eigenvalue weighted by Gasteiger charge is 2.13. The van der Waals surface area contributed by atoms with E-state index in [-0.39, 0.29) is 12.5 Å². The number of carbonyl (C=O) groups is 1. The summed E-state index contributed by atoms with van der Waals surface area (Å²) in [5.74, 6) is 6.16. The van der Waals surface area contributed by atoms with Crippen molar-refractivity contribution in [2.75, 3.05) is 19.0 Å². The zero-order valence-electron chi connectivity index (χ0n) is 11.3. The van der Waals surface area contributed by atoms with Gasteiger partial charge in [-0.2, -0.15) is 0 Å². The van der Waals surface area contributed by atoms with E-state index in [0.29, 0.717) is 21.9 Å². The maximum Gasteiger partial charge on any atom is 0.267 e. The van der Waals surface area contributed by atoms with Gasteiger partial charge in [0.1, 0.15) is 10.6 Å². The van der Waals surface area contributed by atoms with Gasteiger partial charge in [-0.3, -0.25) is 4.79 Å². The Labute approximate surface area is 135 Å². The monoisotopic (exact) mass is 364 g/mol. The first-order valence-electron chi connectivity index (χ1n) is 6.07. The average molecular weight is 365 g/mol. The van der Waals surface area contributed by atoms with E-state index in [9.17, 15) is 4.79 Å². The van der Waals surface area contributed by atoms with Crippen LogP contribution in [0, 0.1) is 11.8 Å². The molecule has 0 bridgehead atoms. The number of benzene rings is 1. The number of methoxy groups -OCH3 is 1. The van der Waals surface area contributed by atoms with Gasteiger partial charge in [-0.1, -0.05) is 11.8 Å². The maximum atomic E-state index is 12.3. The van der Waals surface area contributed by atoms with E-state index >= 15 is 0 Å². The molecule has 0 aliphatic carbocycles. The number of carbonyl (C=O) groups excluding carboxylic acids is 1. The summed E-state index contributed by atoms with van der Waals surface area (Å²) in [5, 5.41) is 4.67. The van der Waals surface area contributed by atoms with Crippen LogP contribution in [0.1, 0.15) is 15.2 Å². The summed E-state index contributed by atoms with van der Waals surface area (Å²) in [6.45, 7) is 0.266. The second kappa shape index (κ2) is 7.27. The molecule has 0 atom stereocenters. The van der Waals surface area contributed by atoms with Crippen LogP contribution >= 0.6 is 27.3 Å². The second-order valence-electron chi connectivity index (χ2n) is 3.97. The van der Waals surface area contributed by atoms with Crippen LogP contribution in [0.4, 0.5) is 5.69 Å². The van der Waals surface area contributed by atoms with Gasteiger partial charge in [0.25, 0.3) is 5.91 Å². The van der Waals surface area contributed by atoms with Crippen LogP contribution < -0.4 is 15.8 Å². The van der Waals surface area contributed by atoms with E-state index in [1.165, 1.54) is 11.3 Å². The van der Waals surface area contributed by atoms with Crippen molar-refractivity contribution in [3.63, 3.8) is 0 Å². The highest BCUT2D eigenvalue weighted by atomic mass is 79.9. The number of hydrogen-bond donors (Lipinski definition) is 2. The maximum absolute atomic E-state index is 12.3. The smallest absolute Gasteiger partial charge is 0.267 e. The molecule has 0 saturated carbocycles. The molecule has 4 nitrogen and oxygen atoms in total. The lowest BCUT2D eigenvalue weighted by Crippen LogP contribution is -2.11. The van der Waals surface area contributed by atoms with Crippen LogP contribution in [0.3, 0.4) is 0 Å². The van der Waals surface area contributed by atoms with Crippen LogP contribution in [-0.4, -0.2) is 19.6 Å². The third kappa shape index (κ3) is 3.85. The first-order valence-corrected chi connectivity index (χ1v) is 7.74. The number of anilines is 1. The van der Waals surface area contributed by atoms with E-state index in [2.05, 4.69) is 33.1 Å². The van der Waals surface area contributed by atoms with Crippen LogP contribution in [0.15, 0.2) is 34.1 Å². The summed E-state index contributed by atoms with van der Waals surface area (Å²) in [5.41, 5.74) is 6.72. The second-order valence-corrected chi connectivity index (χ2v) is 5.74. The summed E-state index contributed by atoms with van der Waals surface area (Å²) in [6, 6.07) is 7.16. The summed E-state index contributed by atoms with van der Waals surface area (Å²) >= 11 is 4.73. The number of halogens is 1. The molecule has 3 N–H and O–H groups in total. The third-order valence-electron chi connectivity index (χ3n) is 2.61. The number of ether oxygens (including phenoxy) is 1. The van der Waals surface area contributed by atoms with Crippen molar-refractivity contribution in [1.29, 1.82) is 0 Å². The van der Waals surface area contributed by atoms with Gasteiger partial charge in [0.05, 0.1) is 18.1 Å². The summed E-state index contributed by atoms with van der Waals surface area (Å²) in [4.78, 5) is 12.9. The molecule has 1 amide bonds. The molecule has 108 valence electrons. The summed E-state index contributed by atoms with van der Waals surface area (Å²) in [6.07, 6.45) is 0. The van der Waals surface area contributed by atoms with Gasteiger partial charge in [0, 0.05) is 11.3 Å². The Hall–Kier alpha value is -1.81. The molecule has 0 fully saturated rings. The van der Waals surface area contributed by atoms with Crippen LogP contribution in [0.2, 0.25) is 0 Å². The minimum atomic E-state index is -0.191. The van der Waals surface area contributed by atoms with Gasteiger partial charge in [-0.05, 0) is 45.6 Å². The fourth-order valence-electron chi connectivity index (χ4n) is 1.66. The van der Waals surface area contributed by atoms with Crippen molar-refractivity contribution in [3.8, 4) is 17.6 Å². The lowest BCUT2D eigenvalue weighted by atomic mass is 10.2. The molecule has 0 unspecified atom stereocenters. The molecule has 2 rings (SSSR count). The van der Waals surface area contributed by atoms with Gasteiger partial charge in [-0.25, -0.2) is 0 Å². The van der Waals surface area contributed by atoms with Crippen LogP contribution in [0.5, 0.6) is 5.75 Å². The van der Waals surface area contributed by atoms with Crippen molar-refractivity contribution < 1.29 is 9.53 Å². The Morgan fingerprint density at radius 3 is 2.95 bits per heavy atom. The molecular formula is C15H13BrN2O2S. The van der Waals surface area contributed by atoms with Crippen molar-refractivity contribution in [2.45, 2.75) is 0 Å². The van der Waals surface area contributed by atoms with E-state index in [1.807, 2.05) is 11.4 Å². The normalized spacial score (nSPS) is 9.67. The molecule has 0 aliphatic rings. The predicted molar refractivity (Wildman–Crippen MR) is 88.9 cm³/mol. The van der Waals surface area contributed by atoms with Crippen molar-refractivity contribution in [3.05, 3.63) is 44.6 Å².